The van der Waals surface area contributed by atoms with Gasteiger partial charge in [-0.25, -0.2) is 0 Å². The van der Waals surface area contributed by atoms with E-state index in [0.717, 1.165) is 0 Å². The molecule has 0 aliphatic carbocycles. The molecular formula is H14Cr2O19S3. The molecule has 0 aromatic rings. The van der Waals surface area contributed by atoms with Gasteiger partial charge in [0.25, 0.3) is 0 Å². The molecule has 0 aromatic heterocycles. The average molecular weight is 518 g/mol. The van der Waals surface area contributed by atoms with Gasteiger partial charge in [-0.2, -0.15) is 0 Å². The minimum absolute atomic E-state index is 0. The monoisotopic (exact) mass is 518 g/mol. The minimum atomic E-state index is -5.17. The molecule has 0 aromatic carbocycles. The summed E-state index contributed by atoms with van der Waals surface area (Å²) in [5.74, 6) is 0. The SMILES string of the molecule is O.O.O.O.O.O.O.O=S(=O)([O-])[O-].O=S(=O)([O-])[O-].O=S(=O)([O-])[O-].[Cr+3].[Cr+3]. The molecule has 0 saturated heterocycles. The quantitative estimate of drug-likeness (QED) is 0.213. The Morgan fingerprint density at radius 2 is 0.333 bits per heavy atom. The molecule has 2 radical (unpaired) electrons. The summed E-state index contributed by atoms with van der Waals surface area (Å²) >= 11 is 0. The Bertz CT molecular complexity index is 344. The van der Waals surface area contributed by atoms with Gasteiger partial charge in [-0.05, 0) is 0 Å². The van der Waals surface area contributed by atoms with Crippen molar-refractivity contribution in [2.24, 2.45) is 0 Å². The summed E-state index contributed by atoms with van der Waals surface area (Å²) in [6.45, 7) is 0. The number of hydrogen-bond acceptors (Lipinski definition) is 12. The van der Waals surface area contributed by atoms with Crippen LogP contribution in [0.5, 0.6) is 0 Å². The van der Waals surface area contributed by atoms with Gasteiger partial charge in [0.05, 0.1) is 0 Å². The summed E-state index contributed by atoms with van der Waals surface area (Å²) in [6.07, 6.45) is 0. The van der Waals surface area contributed by atoms with Crippen molar-refractivity contribution in [2.75, 3.05) is 0 Å². The summed E-state index contributed by atoms with van der Waals surface area (Å²) in [4.78, 5) is 0. The van der Waals surface area contributed by atoms with Crippen LogP contribution in [0.4, 0.5) is 0 Å². The van der Waals surface area contributed by atoms with Crippen molar-refractivity contribution in [3.8, 4) is 0 Å². The first-order valence-electron chi connectivity index (χ1n) is 2.00. The van der Waals surface area contributed by atoms with Gasteiger partial charge in [0.2, 0.25) is 0 Å². The zero-order valence-corrected chi connectivity index (χ0v) is 15.4. The molecule has 24 heteroatoms. The third-order valence-electron chi connectivity index (χ3n) is 0. The van der Waals surface area contributed by atoms with Gasteiger partial charge in [-0.15, -0.1) is 0 Å². The first-order valence-corrected chi connectivity index (χ1v) is 6.00. The van der Waals surface area contributed by atoms with Crippen LogP contribution in [0.25, 0.3) is 0 Å². The van der Waals surface area contributed by atoms with Crippen molar-refractivity contribution in [3.63, 3.8) is 0 Å². The standard InChI is InChI=1S/2Cr.3H2O4S.7H2O/c;;3*1-5(2,3)4;;;;;;;/h;;3*(H2,1,2,3,4);7*1H2/q2*+3;;;;;;;;;;/p-6. The summed E-state index contributed by atoms with van der Waals surface area (Å²) in [5, 5.41) is 0. The van der Waals surface area contributed by atoms with E-state index in [1.807, 2.05) is 0 Å². The second-order valence-electron chi connectivity index (χ2n) is 1.22. The van der Waals surface area contributed by atoms with Crippen molar-refractivity contribution in [2.45, 2.75) is 0 Å². The summed E-state index contributed by atoms with van der Waals surface area (Å²) in [7, 11) is -15.5. The van der Waals surface area contributed by atoms with E-state index in [2.05, 4.69) is 0 Å². The third kappa shape index (κ3) is 65700. The molecule has 158 valence electrons. The van der Waals surface area contributed by atoms with Gasteiger partial charge >= 0.3 is 34.7 Å². The van der Waals surface area contributed by atoms with Crippen LogP contribution in [0.15, 0.2) is 0 Å². The maximum absolute atomic E-state index is 8.52. The first kappa shape index (κ1) is 86.9. The molecule has 0 rings (SSSR count). The fraction of sp³-hybridized carbons (Fsp3) is 0. The topological polar surface area (TPSA) is 461 Å². The molecule has 0 aliphatic rings. The summed E-state index contributed by atoms with van der Waals surface area (Å²) in [5.41, 5.74) is 0. The molecule has 0 atom stereocenters. The van der Waals surface area contributed by atoms with Gasteiger partial charge in [-0.3, -0.25) is 25.3 Å². The summed E-state index contributed by atoms with van der Waals surface area (Å²) < 4.78 is 102. The third-order valence-corrected chi connectivity index (χ3v) is 0. The Hall–Kier alpha value is 0.395. The van der Waals surface area contributed by atoms with Crippen molar-refractivity contribution in [1.82, 2.24) is 0 Å². The molecule has 0 fully saturated rings. The molecule has 0 unspecified atom stereocenters. The van der Waals surface area contributed by atoms with E-state index >= 15 is 0 Å². The number of rotatable bonds is 0. The van der Waals surface area contributed by atoms with Crippen LogP contribution in [0, 0.1) is 0 Å². The van der Waals surface area contributed by atoms with E-state index in [9.17, 15) is 0 Å². The van der Waals surface area contributed by atoms with Crippen LogP contribution in [-0.4, -0.2) is 90.9 Å². The van der Waals surface area contributed by atoms with Crippen molar-refractivity contribution >= 4 is 31.2 Å². The van der Waals surface area contributed by atoms with Crippen LogP contribution in [0.3, 0.4) is 0 Å². The molecule has 0 saturated carbocycles. The zero-order chi connectivity index (χ0) is 13.5. The predicted octanol–water partition coefficient (Wildman–Crippen LogP) is -9.79. The fourth-order valence-electron chi connectivity index (χ4n) is 0. The van der Waals surface area contributed by atoms with E-state index < -0.39 is 31.2 Å². The normalized spacial score (nSPS) is 7.25. The van der Waals surface area contributed by atoms with Gasteiger partial charge in [0.1, 0.15) is 0 Å². The maximum atomic E-state index is 8.52. The molecule has 0 spiro atoms. The van der Waals surface area contributed by atoms with E-state index in [-0.39, 0.29) is 73.1 Å². The Morgan fingerprint density at radius 1 is 0.333 bits per heavy atom. The molecule has 0 heterocycles. The molecule has 24 heavy (non-hydrogen) atoms. The average Bonchev–Trinajstić information content (AvgIpc) is 1.41. The summed E-state index contributed by atoms with van der Waals surface area (Å²) in [6, 6.07) is 0. The van der Waals surface area contributed by atoms with E-state index in [0.29, 0.717) is 0 Å². The van der Waals surface area contributed by atoms with E-state index in [4.69, 9.17) is 52.6 Å². The second kappa shape index (κ2) is 34.7. The number of hydrogen-bond donors (Lipinski definition) is 0. The Balaban J connectivity index is -0.00000000758. The molecule has 0 bridgehead atoms. The Morgan fingerprint density at radius 3 is 0.333 bits per heavy atom. The Labute approximate surface area is 156 Å². The zero-order valence-electron chi connectivity index (χ0n) is 10.4. The predicted molar refractivity (Wildman–Crippen MR) is 56.7 cm³/mol. The van der Waals surface area contributed by atoms with Crippen LogP contribution in [0.1, 0.15) is 0 Å². The van der Waals surface area contributed by atoms with Crippen molar-refractivity contribution in [3.05, 3.63) is 0 Å². The van der Waals surface area contributed by atoms with Crippen molar-refractivity contribution < 1.29 is 126 Å². The molecule has 14 N–H and O–H groups in total. The van der Waals surface area contributed by atoms with Gasteiger partial charge in [0, 0.05) is 31.2 Å². The fourth-order valence-corrected chi connectivity index (χ4v) is 0. The minimum Gasteiger partial charge on any atom is -0.759 e. The molecule has 0 aliphatic heterocycles. The second-order valence-corrected chi connectivity index (χ2v) is 3.67. The van der Waals surface area contributed by atoms with Crippen LogP contribution in [-0.2, 0) is 65.9 Å². The smallest absolute Gasteiger partial charge is 0.759 e. The molecular weight excluding hydrogens is 504 g/mol. The van der Waals surface area contributed by atoms with Crippen LogP contribution < -0.4 is 0 Å². The van der Waals surface area contributed by atoms with Crippen LogP contribution >= 0.6 is 0 Å². The molecule has 0 amide bonds. The van der Waals surface area contributed by atoms with Crippen molar-refractivity contribution in [1.29, 1.82) is 0 Å². The molecule has 19 nitrogen and oxygen atoms in total. The van der Waals surface area contributed by atoms with Gasteiger partial charge < -0.3 is 65.6 Å². The Kier molecular flexibility index (Phi) is 126. The van der Waals surface area contributed by atoms with E-state index in [1.165, 1.54) is 0 Å². The van der Waals surface area contributed by atoms with Crippen LogP contribution in [0.2, 0.25) is 0 Å². The maximum Gasteiger partial charge on any atom is 3.00 e. The van der Waals surface area contributed by atoms with Gasteiger partial charge in [0.15, 0.2) is 0 Å². The van der Waals surface area contributed by atoms with E-state index in [1.54, 1.807) is 0 Å². The largest absolute Gasteiger partial charge is 3.00 e. The van der Waals surface area contributed by atoms with Gasteiger partial charge in [-0.1, -0.05) is 0 Å². The first-order chi connectivity index (χ1) is 6.00.